The first-order chi connectivity index (χ1) is 15.6. The van der Waals surface area contributed by atoms with Crippen molar-refractivity contribution in [2.45, 2.75) is 6.04 Å². The first kappa shape index (κ1) is 19.6. The molecular formula is C25H18N2O5. The molecule has 7 nitrogen and oxygen atoms in total. The van der Waals surface area contributed by atoms with E-state index >= 15 is 0 Å². The zero-order valence-electron chi connectivity index (χ0n) is 17.1. The number of Topliss-reactive ketones (excluding diaryl/α,β-unsaturated/α-hetero) is 1. The fraction of sp³-hybridized carbons (Fsp3) is 0.0800. The maximum absolute atomic E-state index is 13.5. The predicted octanol–water partition coefficient (Wildman–Crippen LogP) is 4.62. The lowest BCUT2D eigenvalue weighted by Gasteiger charge is -2.26. The van der Waals surface area contributed by atoms with Crippen LogP contribution >= 0.6 is 0 Å². The molecule has 32 heavy (non-hydrogen) atoms. The second-order valence-corrected chi connectivity index (χ2v) is 7.30. The Balaban J connectivity index is 1.64. The molecule has 2 aromatic carbocycles. The van der Waals surface area contributed by atoms with Crippen molar-refractivity contribution in [2.24, 2.45) is 0 Å². The number of fused-ring (bicyclic) bond motifs is 1. The van der Waals surface area contributed by atoms with E-state index < -0.39 is 23.5 Å². The molecule has 1 aliphatic rings. The summed E-state index contributed by atoms with van der Waals surface area (Å²) in [4.78, 5) is 32.1. The molecular weight excluding hydrogens is 408 g/mol. The first-order valence-electron chi connectivity index (χ1n) is 9.92. The van der Waals surface area contributed by atoms with Crippen LogP contribution in [-0.2, 0) is 4.79 Å². The van der Waals surface area contributed by atoms with E-state index in [0.717, 1.165) is 5.39 Å². The van der Waals surface area contributed by atoms with Gasteiger partial charge in [0.1, 0.15) is 11.3 Å². The third-order valence-corrected chi connectivity index (χ3v) is 5.47. The molecule has 5 rings (SSSR count). The van der Waals surface area contributed by atoms with Crippen molar-refractivity contribution in [3.8, 4) is 5.75 Å². The Bertz CT molecular complexity index is 1320. The Kier molecular flexibility index (Phi) is 4.71. The zero-order chi connectivity index (χ0) is 22.2. The lowest BCUT2D eigenvalue weighted by molar-refractivity contribution is -0.117. The van der Waals surface area contributed by atoms with E-state index in [2.05, 4.69) is 4.98 Å². The number of anilines is 1. The van der Waals surface area contributed by atoms with Crippen LogP contribution in [0.1, 0.15) is 22.2 Å². The molecule has 7 heteroatoms. The normalized spacial score (nSPS) is 16.1. The van der Waals surface area contributed by atoms with Crippen LogP contribution in [0.4, 0.5) is 5.69 Å². The van der Waals surface area contributed by atoms with Gasteiger partial charge in [-0.05, 0) is 54.1 Å². The van der Waals surface area contributed by atoms with Gasteiger partial charge in [0.2, 0.25) is 5.78 Å². The third-order valence-electron chi connectivity index (χ3n) is 5.47. The van der Waals surface area contributed by atoms with Gasteiger partial charge in [-0.15, -0.1) is 0 Å². The summed E-state index contributed by atoms with van der Waals surface area (Å²) in [6.45, 7) is 0. The number of aliphatic hydroxyl groups is 1. The summed E-state index contributed by atoms with van der Waals surface area (Å²) in [5, 5.41) is 11.6. The van der Waals surface area contributed by atoms with Gasteiger partial charge in [0.25, 0.3) is 5.91 Å². The Morgan fingerprint density at radius 1 is 1.06 bits per heavy atom. The number of methoxy groups -OCH3 is 1. The number of benzene rings is 2. The van der Waals surface area contributed by atoms with Crippen LogP contribution < -0.4 is 9.64 Å². The van der Waals surface area contributed by atoms with Gasteiger partial charge in [0.05, 0.1) is 18.7 Å². The summed E-state index contributed by atoms with van der Waals surface area (Å²) in [5.74, 6) is -1.15. The fourth-order valence-electron chi connectivity index (χ4n) is 3.93. The lowest BCUT2D eigenvalue weighted by atomic mass is 9.95. The Hall–Kier alpha value is -4.39. The molecule has 1 amide bonds. The van der Waals surface area contributed by atoms with Crippen LogP contribution in [0.5, 0.6) is 5.75 Å². The molecule has 1 aliphatic heterocycles. The summed E-state index contributed by atoms with van der Waals surface area (Å²) in [6, 6.07) is 18.2. The SMILES string of the molecule is COc1ccc(N2C(=O)C(O)=C(C(=O)c3cc4ccccc4o3)C2c2ccncc2)cc1. The van der Waals surface area contributed by atoms with Gasteiger partial charge >= 0.3 is 0 Å². The largest absolute Gasteiger partial charge is 0.503 e. The topological polar surface area (TPSA) is 92.9 Å². The van der Waals surface area contributed by atoms with Crippen molar-refractivity contribution in [3.63, 3.8) is 0 Å². The van der Waals surface area contributed by atoms with Gasteiger partial charge in [-0.25, -0.2) is 0 Å². The van der Waals surface area contributed by atoms with Crippen molar-refractivity contribution in [1.29, 1.82) is 0 Å². The van der Waals surface area contributed by atoms with Gasteiger partial charge < -0.3 is 14.3 Å². The van der Waals surface area contributed by atoms with Crippen molar-refractivity contribution in [1.82, 2.24) is 4.98 Å². The Labute approximate surface area is 183 Å². The third kappa shape index (κ3) is 3.11. The number of ether oxygens (including phenoxy) is 1. The Morgan fingerprint density at radius 3 is 2.47 bits per heavy atom. The molecule has 0 aliphatic carbocycles. The number of aliphatic hydroxyl groups excluding tert-OH is 1. The molecule has 4 aromatic rings. The molecule has 1 unspecified atom stereocenters. The van der Waals surface area contributed by atoms with E-state index in [9.17, 15) is 14.7 Å². The number of carbonyl (C=O) groups excluding carboxylic acids is 2. The number of ketones is 1. The predicted molar refractivity (Wildman–Crippen MR) is 118 cm³/mol. The summed E-state index contributed by atoms with van der Waals surface area (Å²) in [6.07, 6.45) is 3.15. The maximum Gasteiger partial charge on any atom is 0.294 e. The van der Waals surface area contributed by atoms with Gasteiger partial charge in [-0.3, -0.25) is 19.5 Å². The molecule has 0 fully saturated rings. The van der Waals surface area contributed by atoms with E-state index in [0.29, 0.717) is 22.6 Å². The van der Waals surface area contributed by atoms with Gasteiger partial charge in [0, 0.05) is 23.5 Å². The van der Waals surface area contributed by atoms with E-state index in [4.69, 9.17) is 9.15 Å². The molecule has 2 aromatic heterocycles. The number of nitrogens with zero attached hydrogens (tertiary/aromatic N) is 2. The molecule has 0 spiro atoms. The molecule has 1 N–H and O–H groups in total. The number of hydrogen-bond donors (Lipinski definition) is 1. The molecule has 158 valence electrons. The quantitative estimate of drug-likeness (QED) is 0.468. The minimum atomic E-state index is -0.848. The number of rotatable bonds is 5. The zero-order valence-corrected chi connectivity index (χ0v) is 17.1. The maximum atomic E-state index is 13.5. The van der Waals surface area contributed by atoms with Crippen molar-refractivity contribution < 1.29 is 23.8 Å². The number of amides is 1. The summed E-state index contributed by atoms with van der Waals surface area (Å²) < 4.78 is 10.9. The summed E-state index contributed by atoms with van der Waals surface area (Å²) >= 11 is 0. The standard InChI is InChI=1S/C25H18N2O5/c1-31-18-8-6-17(7-9-18)27-22(15-10-12-26-13-11-15)21(24(29)25(27)30)23(28)20-14-16-4-2-3-5-19(16)32-20/h2-14,22,29H,1H3. The van der Waals surface area contributed by atoms with Crippen LogP contribution in [0.15, 0.2) is 94.9 Å². The number of para-hydroxylation sites is 1. The highest BCUT2D eigenvalue weighted by molar-refractivity contribution is 6.20. The highest BCUT2D eigenvalue weighted by atomic mass is 16.5. The Morgan fingerprint density at radius 2 is 1.78 bits per heavy atom. The molecule has 1 atom stereocenters. The highest BCUT2D eigenvalue weighted by Crippen LogP contribution is 2.42. The molecule has 0 saturated heterocycles. The average molecular weight is 426 g/mol. The van der Waals surface area contributed by atoms with Gasteiger partial charge in [-0.2, -0.15) is 0 Å². The number of aromatic nitrogens is 1. The number of hydrogen-bond acceptors (Lipinski definition) is 6. The highest BCUT2D eigenvalue weighted by Gasteiger charge is 2.45. The second kappa shape index (κ2) is 7.70. The number of furan rings is 1. The smallest absolute Gasteiger partial charge is 0.294 e. The molecule has 0 saturated carbocycles. The fourth-order valence-corrected chi connectivity index (χ4v) is 3.93. The van der Waals surface area contributed by atoms with Crippen LogP contribution in [-0.4, -0.2) is 28.9 Å². The molecule has 0 radical (unpaired) electrons. The van der Waals surface area contributed by atoms with Crippen LogP contribution in [0.25, 0.3) is 11.0 Å². The van der Waals surface area contributed by atoms with Crippen LogP contribution in [0.2, 0.25) is 0 Å². The summed E-state index contributed by atoms with van der Waals surface area (Å²) in [7, 11) is 1.55. The minimum absolute atomic E-state index is 0.0453. The van der Waals surface area contributed by atoms with Crippen molar-refractivity contribution in [2.75, 3.05) is 12.0 Å². The summed E-state index contributed by atoms with van der Waals surface area (Å²) in [5.41, 5.74) is 1.65. The van der Waals surface area contributed by atoms with Crippen LogP contribution in [0.3, 0.4) is 0 Å². The molecule has 3 heterocycles. The van der Waals surface area contributed by atoms with Gasteiger partial charge in [-0.1, -0.05) is 18.2 Å². The van der Waals surface area contributed by atoms with E-state index in [-0.39, 0.29) is 11.3 Å². The van der Waals surface area contributed by atoms with Crippen molar-refractivity contribution in [3.05, 3.63) is 102 Å². The lowest BCUT2D eigenvalue weighted by Crippen LogP contribution is -2.31. The number of carbonyl (C=O) groups is 2. The average Bonchev–Trinajstić information content (AvgIpc) is 3.38. The van der Waals surface area contributed by atoms with E-state index in [1.165, 1.54) is 4.90 Å². The minimum Gasteiger partial charge on any atom is -0.503 e. The molecule has 0 bridgehead atoms. The van der Waals surface area contributed by atoms with E-state index in [1.807, 2.05) is 12.1 Å². The monoisotopic (exact) mass is 426 g/mol. The van der Waals surface area contributed by atoms with Gasteiger partial charge in [0.15, 0.2) is 11.5 Å². The first-order valence-corrected chi connectivity index (χ1v) is 9.92. The van der Waals surface area contributed by atoms with Crippen molar-refractivity contribution >= 4 is 28.3 Å². The number of pyridine rings is 1. The second-order valence-electron chi connectivity index (χ2n) is 7.30. The van der Waals surface area contributed by atoms with Crippen LogP contribution in [0, 0.1) is 0 Å². The van der Waals surface area contributed by atoms with E-state index in [1.54, 1.807) is 74.1 Å².